The minimum absolute atomic E-state index is 0.216. The Morgan fingerprint density at radius 3 is 2.49 bits per heavy atom. The summed E-state index contributed by atoms with van der Waals surface area (Å²) < 4.78 is 13.3. The number of para-hydroxylation sites is 1. The van der Waals surface area contributed by atoms with Crippen LogP contribution in [0.3, 0.4) is 0 Å². The third-order valence-corrected chi connectivity index (χ3v) is 7.78. The highest BCUT2D eigenvalue weighted by molar-refractivity contribution is 7.80. The molecule has 0 amide bonds. The second kappa shape index (κ2) is 10.9. The zero-order valence-corrected chi connectivity index (χ0v) is 22.5. The van der Waals surface area contributed by atoms with Gasteiger partial charge in [0.1, 0.15) is 11.8 Å². The fraction of sp³-hybridized carbons (Fsp3) is 0.258. The molecule has 6 rings (SSSR count). The van der Waals surface area contributed by atoms with Crippen LogP contribution in [0.1, 0.15) is 59.5 Å². The van der Waals surface area contributed by atoms with Crippen LogP contribution in [0.25, 0.3) is 5.69 Å². The second-order valence-electron chi connectivity index (χ2n) is 9.83. The Morgan fingerprint density at radius 1 is 0.974 bits per heavy atom. The number of thiocarbonyl (C=S) groups is 1. The minimum atomic E-state index is -0.388. The monoisotopic (exact) mass is 538 g/mol. The number of carbonyl (C=O) groups excluding carboxylic acids is 1. The van der Waals surface area contributed by atoms with Crippen LogP contribution in [0.4, 0.5) is 5.69 Å². The van der Waals surface area contributed by atoms with Crippen LogP contribution in [-0.4, -0.2) is 33.8 Å². The smallest absolute Gasteiger partial charge is 0.339 e. The van der Waals surface area contributed by atoms with Crippen molar-refractivity contribution < 1.29 is 14.3 Å². The van der Waals surface area contributed by atoms with E-state index in [4.69, 9.17) is 21.7 Å². The fourth-order valence-corrected chi connectivity index (χ4v) is 5.98. The van der Waals surface area contributed by atoms with Crippen LogP contribution in [0.15, 0.2) is 91.3 Å². The van der Waals surface area contributed by atoms with E-state index in [0.717, 1.165) is 41.4 Å². The quantitative estimate of drug-likeness (QED) is 0.223. The van der Waals surface area contributed by atoms with E-state index in [0.29, 0.717) is 16.8 Å². The molecule has 2 aromatic carbocycles. The molecule has 1 aliphatic heterocycles. The molecule has 7 nitrogen and oxygen atoms in total. The number of aromatic nitrogens is 2. The van der Waals surface area contributed by atoms with Gasteiger partial charge in [0.25, 0.3) is 0 Å². The third kappa shape index (κ3) is 4.88. The highest BCUT2D eigenvalue weighted by Gasteiger charge is 2.42. The molecule has 2 fully saturated rings. The van der Waals surface area contributed by atoms with Crippen molar-refractivity contribution in [3.05, 3.63) is 108 Å². The molecule has 0 spiro atoms. The molecule has 1 N–H and O–H groups in total. The van der Waals surface area contributed by atoms with Gasteiger partial charge in [0.15, 0.2) is 5.11 Å². The average molecular weight is 539 g/mol. The molecule has 39 heavy (non-hydrogen) atoms. The van der Waals surface area contributed by atoms with Crippen molar-refractivity contribution in [1.82, 2.24) is 14.9 Å². The van der Waals surface area contributed by atoms with Crippen molar-refractivity contribution >= 4 is 29.0 Å². The second-order valence-corrected chi connectivity index (χ2v) is 10.2. The Hall–Kier alpha value is -4.17. The van der Waals surface area contributed by atoms with E-state index in [1.165, 1.54) is 20.0 Å². The van der Waals surface area contributed by atoms with E-state index in [-0.39, 0.29) is 18.1 Å². The maximum atomic E-state index is 12.6. The Morgan fingerprint density at radius 2 is 1.74 bits per heavy atom. The third-order valence-electron chi connectivity index (χ3n) is 7.47. The van der Waals surface area contributed by atoms with E-state index in [9.17, 15) is 4.79 Å². The Balaban J connectivity index is 1.42. The molecular formula is C31H30N4O3S. The number of methoxy groups -OCH3 is 1. The summed E-state index contributed by atoms with van der Waals surface area (Å²) in [4.78, 5) is 19.4. The van der Waals surface area contributed by atoms with Gasteiger partial charge in [0.2, 0.25) is 0 Å². The molecular weight excluding hydrogens is 508 g/mol. The van der Waals surface area contributed by atoms with Gasteiger partial charge in [-0.05, 0) is 98.6 Å². The average Bonchev–Trinajstić information content (AvgIpc) is 3.74. The van der Waals surface area contributed by atoms with E-state index < -0.39 is 0 Å². The number of carbonyl (C=O) groups is 1. The Bertz CT molecular complexity index is 1460. The van der Waals surface area contributed by atoms with E-state index in [2.05, 4.69) is 33.4 Å². The van der Waals surface area contributed by atoms with Crippen molar-refractivity contribution in [1.29, 1.82) is 0 Å². The summed E-state index contributed by atoms with van der Waals surface area (Å²) in [6, 6.07) is 25.1. The molecule has 2 aliphatic rings. The lowest BCUT2D eigenvalue weighted by Gasteiger charge is -2.29. The van der Waals surface area contributed by atoms with Crippen LogP contribution >= 0.6 is 12.2 Å². The molecule has 3 heterocycles. The molecule has 0 bridgehead atoms. The Kier molecular flexibility index (Phi) is 7.02. The van der Waals surface area contributed by atoms with Crippen LogP contribution < -0.4 is 15.0 Å². The molecule has 1 saturated heterocycles. The van der Waals surface area contributed by atoms with Gasteiger partial charge in [0.05, 0.1) is 36.2 Å². The SMILES string of the molecule is COC(=O)c1ccccc1-n1cccc1[C@H]1[C@H](c2ccccn2)NC(=S)N1c1ccc(OC2CCCC2)cc1. The maximum absolute atomic E-state index is 12.6. The standard InChI is InChI=1S/C31H30N4O3S/c1-37-30(36)24-11-4-5-13-26(24)34-20-8-14-27(34)29-28(25-12-6-7-19-32-25)33-31(39)35(29)21-15-17-23(18-16-21)38-22-9-2-3-10-22/h4-8,11-20,22,28-29H,2-3,9-10H2,1H3,(H,33,39)/t28-,29-/m0/s1. The lowest BCUT2D eigenvalue weighted by Crippen LogP contribution is -2.30. The molecule has 8 heteroatoms. The van der Waals surface area contributed by atoms with E-state index in [1.807, 2.05) is 65.4 Å². The lowest BCUT2D eigenvalue weighted by molar-refractivity contribution is 0.0600. The highest BCUT2D eigenvalue weighted by atomic mass is 32.1. The van der Waals surface area contributed by atoms with Gasteiger partial charge in [-0.25, -0.2) is 4.79 Å². The molecule has 4 aromatic rings. The number of nitrogens with one attached hydrogen (secondary N) is 1. The van der Waals surface area contributed by atoms with Crippen LogP contribution in [-0.2, 0) is 4.74 Å². The molecule has 2 atom stereocenters. The number of hydrogen-bond acceptors (Lipinski definition) is 5. The van der Waals surface area contributed by atoms with Crippen molar-refractivity contribution in [2.45, 2.75) is 43.9 Å². The molecule has 0 unspecified atom stereocenters. The van der Waals surface area contributed by atoms with Gasteiger partial charge < -0.3 is 24.3 Å². The van der Waals surface area contributed by atoms with Gasteiger partial charge in [-0.2, -0.15) is 0 Å². The summed E-state index contributed by atoms with van der Waals surface area (Å²) >= 11 is 5.92. The first-order valence-corrected chi connectivity index (χ1v) is 13.7. The number of pyridine rings is 1. The van der Waals surface area contributed by atoms with Gasteiger partial charge in [-0.3, -0.25) is 4.98 Å². The molecule has 2 aromatic heterocycles. The maximum Gasteiger partial charge on any atom is 0.339 e. The molecule has 1 aliphatic carbocycles. The number of nitrogens with zero attached hydrogens (tertiary/aromatic N) is 3. The number of anilines is 1. The number of hydrogen-bond donors (Lipinski definition) is 1. The Labute approximate surface area is 233 Å². The first-order valence-electron chi connectivity index (χ1n) is 13.3. The first-order chi connectivity index (χ1) is 19.1. The van der Waals surface area contributed by atoms with Crippen molar-refractivity contribution in [2.24, 2.45) is 0 Å². The number of ether oxygens (including phenoxy) is 2. The lowest BCUT2D eigenvalue weighted by atomic mass is 10.0. The van der Waals surface area contributed by atoms with Crippen molar-refractivity contribution in [3.63, 3.8) is 0 Å². The summed E-state index contributed by atoms with van der Waals surface area (Å²) in [5.74, 6) is 0.484. The topological polar surface area (TPSA) is 68.6 Å². The normalized spacial score (nSPS) is 19.2. The van der Waals surface area contributed by atoms with E-state index in [1.54, 1.807) is 12.3 Å². The molecule has 198 valence electrons. The minimum Gasteiger partial charge on any atom is -0.490 e. The van der Waals surface area contributed by atoms with Gasteiger partial charge >= 0.3 is 5.97 Å². The molecule has 1 saturated carbocycles. The molecule has 0 radical (unpaired) electrons. The summed E-state index contributed by atoms with van der Waals surface area (Å²) in [6.45, 7) is 0. The van der Waals surface area contributed by atoms with Crippen LogP contribution in [0, 0.1) is 0 Å². The summed E-state index contributed by atoms with van der Waals surface area (Å²) in [5, 5.41) is 4.12. The summed E-state index contributed by atoms with van der Waals surface area (Å²) in [7, 11) is 1.40. The zero-order valence-electron chi connectivity index (χ0n) is 21.7. The van der Waals surface area contributed by atoms with Gasteiger partial charge in [-0.1, -0.05) is 18.2 Å². The predicted molar refractivity (Wildman–Crippen MR) is 154 cm³/mol. The number of benzene rings is 2. The number of rotatable bonds is 7. The van der Waals surface area contributed by atoms with Gasteiger partial charge in [-0.15, -0.1) is 0 Å². The summed E-state index contributed by atoms with van der Waals surface area (Å²) in [6.07, 6.45) is 8.73. The van der Waals surface area contributed by atoms with Crippen molar-refractivity contribution in [2.75, 3.05) is 12.0 Å². The van der Waals surface area contributed by atoms with Gasteiger partial charge in [0, 0.05) is 23.8 Å². The fourth-order valence-electron chi connectivity index (χ4n) is 5.64. The van der Waals surface area contributed by atoms with Crippen molar-refractivity contribution in [3.8, 4) is 11.4 Å². The van der Waals surface area contributed by atoms with E-state index >= 15 is 0 Å². The number of esters is 1. The first kappa shape index (κ1) is 25.1. The largest absolute Gasteiger partial charge is 0.490 e. The van der Waals surface area contributed by atoms with Crippen LogP contribution in [0.2, 0.25) is 0 Å². The summed E-state index contributed by atoms with van der Waals surface area (Å²) in [5.41, 5.74) is 4.01. The zero-order chi connectivity index (χ0) is 26.8. The highest BCUT2D eigenvalue weighted by Crippen LogP contribution is 2.43. The van der Waals surface area contributed by atoms with Crippen LogP contribution in [0.5, 0.6) is 5.75 Å². The predicted octanol–water partition coefficient (Wildman–Crippen LogP) is 6.16.